The minimum atomic E-state index is -3.75. The fourth-order valence-electron chi connectivity index (χ4n) is 3.04. The second-order valence-corrected chi connectivity index (χ2v) is 8.51. The summed E-state index contributed by atoms with van der Waals surface area (Å²) in [6.45, 7) is 1.45. The van der Waals surface area contributed by atoms with E-state index in [1.165, 1.54) is 19.1 Å². The molecular formula is C21H22N2O4S. The van der Waals surface area contributed by atoms with Gasteiger partial charge >= 0.3 is 0 Å². The highest BCUT2D eigenvalue weighted by molar-refractivity contribution is 7.92. The molecule has 0 amide bonds. The number of aliphatic imine (C=N–C) groups is 1. The Morgan fingerprint density at radius 2 is 1.75 bits per heavy atom. The fourth-order valence-corrected chi connectivity index (χ4v) is 4.10. The van der Waals surface area contributed by atoms with Crippen molar-refractivity contribution in [1.29, 1.82) is 0 Å². The molecular weight excluding hydrogens is 376 g/mol. The monoisotopic (exact) mass is 398 g/mol. The molecule has 28 heavy (non-hydrogen) atoms. The SMILES string of the molecule is CC(=O)c1ccc(NS(=O)(=O)c2ccc(N=CC3CCCCC3=O)cc2)cc1. The zero-order valence-corrected chi connectivity index (χ0v) is 16.4. The average Bonchev–Trinajstić information content (AvgIpc) is 2.68. The number of ketones is 2. The van der Waals surface area contributed by atoms with Crippen LogP contribution < -0.4 is 4.72 Å². The molecule has 0 saturated heterocycles. The van der Waals surface area contributed by atoms with Crippen molar-refractivity contribution in [2.45, 2.75) is 37.5 Å². The number of sulfonamides is 1. The second kappa shape index (κ2) is 8.48. The van der Waals surface area contributed by atoms with Gasteiger partial charge in [-0.25, -0.2) is 8.42 Å². The van der Waals surface area contributed by atoms with Crippen molar-refractivity contribution in [2.24, 2.45) is 10.9 Å². The summed E-state index contributed by atoms with van der Waals surface area (Å²) in [7, 11) is -3.75. The van der Waals surface area contributed by atoms with Gasteiger partial charge in [0.15, 0.2) is 5.78 Å². The predicted octanol–water partition coefficient (Wildman–Crippen LogP) is 4.15. The van der Waals surface area contributed by atoms with E-state index < -0.39 is 10.0 Å². The van der Waals surface area contributed by atoms with Gasteiger partial charge in [0.1, 0.15) is 5.78 Å². The van der Waals surface area contributed by atoms with Crippen LogP contribution in [-0.2, 0) is 14.8 Å². The number of carbonyl (C=O) groups is 2. The number of benzene rings is 2. The van der Waals surface area contributed by atoms with Gasteiger partial charge in [0.05, 0.1) is 16.5 Å². The summed E-state index contributed by atoms with van der Waals surface area (Å²) in [5.74, 6) is -0.00790. The molecule has 1 fully saturated rings. The number of rotatable bonds is 6. The van der Waals surface area contributed by atoms with Crippen molar-refractivity contribution in [1.82, 2.24) is 0 Å². The number of anilines is 1. The van der Waals surface area contributed by atoms with Gasteiger partial charge in [0.2, 0.25) is 0 Å². The quantitative estimate of drug-likeness (QED) is 0.584. The van der Waals surface area contributed by atoms with E-state index in [0.717, 1.165) is 19.3 Å². The first-order valence-electron chi connectivity index (χ1n) is 9.16. The Hall–Kier alpha value is -2.80. The van der Waals surface area contributed by atoms with Crippen molar-refractivity contribution < 1.29 is 18.0 Å². The van der Waals surface area contributed by atoms with Crippen LogP contribution in [0.25, 0.3) is 0 Å². The van der Waals surface area contributed by atoms with Crippen LogP contribution in [0.4, 0.5) is 11.4 Å². The van der Waals surface area contributed by atoms with Crippen LogP contribution in [-0.4, -0.2) is 26.2 Å². The van der Waals surface area contributed by atoms with Gasteiger partial charge in [0.25, 0.3) is 10.0 Å². The highest BCUT2D eigenvalue weighted by Crippen LogP contribution is 2.22. The summed E-state index contributed by atoms with van der Waals surface area (Å²) in [4.78, 5) is 27.6. The van der Waals surface area contributed by atoms with Crippen molar-refractivity contribution >= 4 is 39.2 Å². The van der Waals surface area contributed by atoms with E-state index in [-0.39, 0.29) is 22.4 Å². The molecule has 2 aromatic rings. The standard InChI is InChI=1S/C21H22N2O4S/c1-15(24)16-6-8-19(9-7-16)23-28(26,27)20-12-10-18(11-13-20)22-14-17-4-2-3-5-21(17)25/h6-14,17,23H,2-5H2,1H3. The molecule has 1 atom stereocenters. The van der Waals surface area contributed by atoms with Gasteiger partial charge in [-0.3, -0.25) is 19.3 Å². The van der Waals surface area contributed by atoms with Gasteiger partial charge in [-0.2, -0.15) is 0 Å². The number of carbonyl (C=O) groups excluding carboxylic acids is 2. The lowest BCUT2D eigenvalue weighted by Crippen LogP contribution is -2.19. The summed E-state index contributed by atoms with van der Waals surface area (Å²) in [5, 5.41) is 0. The van der Waals surface area contributed by atoms with Crippen LogP contribution in [0.3, 0.4) is 0 Å². The van der Waals surface area contributed by atoms with Crippen molar-refractivity contribution in [3.8, 4) is 0 Å². The molecule has 0 radical (unpaired) electrons. The fraction of sp³-hybridized carbons (Fsp3) is 0.286. The molecule has 3 rings (SSSR count). The van der Waals surface area contributed by atoms with E-state index in [0.29, 0.717) is 23.4 Å². The Morgan fingerprint density at radius 1 is 1.07 bits per heavy atom. The molecule has 1 saturated carbocycles. The third-order valence-corrected chi connectivity index (χ3v) is 6.09. The summed E-state index contributed by atoms with van der Waals surface area (Å²) in [6.07, 6.45) is 5.06. The maximum atomic E-state index is 12.5. The average molecular weight is 398 g/mol. The molecule has 7 heteroatoms. The van der Waals surface area contributed by atoms with Crippen LogP contribution in [0.2, 0.25) is 0 Å². The lowest BCUT2D eigenvalue weighted by atomic mass is 9.89. The Bertz CT molecular complexity index is 994. The maximum Gasteiger partial charge on any atom is 0.261 e. The first-order valence-corrected chi connectivity index (χ1v) is 10.6. The smallest absolute Gasteiger partial charge is 0.261 e. The number of nitrogens with one attached hydrogen (secondary N) is 1. The van der Waals surface area contributed by atoms with Gasteiger partial charge in [-0.05, 0) is 68.3 Å². The van der Waals surface area contributed by atoms with E-state index >= 15 is 0 Å². The Balaban J connectivity index is 1.69. The van der Waals surface area contributed by atoms with Crippen LogP contribution in [0, 0.1) is 5.92 Å². The predicted molar refractivity (Wildman–Crippen MR) is 109 cm³/mol. The number of hydrogen-bond acceptors (Lipinski definition) is 5. The zero-order valence-electron chi connectivity index (χ0n) is 15.6. The van der Waals surface area contributed by atoms with Gasteiger partial charge in [-0.1, -0.05) is 6.42 Å². The van der Waals surface area contributed by atoms with Crippen molar-refractivity contribution in [2.75, 3.05) is 4.72 Å². The van der Waals surface area contributed by atoms with E-state index in [4.69, 9.17) is 0 Å². The summed E-state index contributed by atoms with van der Waals surface area (Å²) in [6, 6.07) is 12.4. The van der Waals surface area contributed by atoms with Crippen molar-refractivity contribution in [3.05, 3.63) is 54.1 Å². The number of Topliss-reactive ketones (excluding diaryl/α,β-unsaturated/α-hetero) is 2. The molecule has 1 N–H and O–H groups in total. The lowest BCUT2D eigenvalue weighted by molar-refractivity contribution is -0.122. The number of hydrogen-bond donors (Lipinski definition) is 1. The third-order valence-electron chi connectivity index (χ3n) is 4.70. The molecule has 2 aromatic carbocycles. The number of nitrogens with zero attached hydrogens (tertiary/aromatic N) is 1. The highest BCUT2D eigenvalue weighted by Gasteiger charge is 2.20. The Kier molecular flexibility index (Phi) is 6.04. The molecule has 0 aliphatic heterocycles. The Labute approximate surface area is 164 Å². The summed E-state index contributed by atoms with van der Waals surface area (Å²) < 4.78 is 27.5. The molecule has 0 spiro atoms. The highest BCUT2D eigenvalue weighted by atomic mass is 32.2. The van der Waals surface area contributed by atoms with Gasteiger partial charge in [0, 0.05) is 23.9 Å². The topological polar surface area (TPSA) is 92.7 Å². The normalized spacial score (nSPS) is 17.6. The van der Waals surface area contributed by atoms with Gasteiger partial charge in [-0.15, -0.1) is 0 Å². The molecule has 6 nitrogen and oxygen atoms in total. The minimum Gasteiger partial charge on any atom is -0.299 e. The lowest BCUT2D eigenvalue weighted by Gasteiger charge is -2.15. The van der Waals surface area contributed by atoms with Gasteiger partial charge < -0.3 is 0 Å². The van der Waals surface area contributed by atoms with E-state index in [9.17, 15) is 18.0 Å². The zero-order chi connectivity index (χ0) is 20.1. The van der Waals surface area contributed by atoms with Crippen LogP contribution in [0.1, 0.15) is 43.0 Å². The van der Waals surface area contributed by atoms with Crippen LogP contribution >= 0.6 is 0 Å². The molecule has 1 aliphatic carbocycles. The Morgan fingerprint density at radius 3 is 2.36 bits per heavy atom. The summed E-state index contributed by atoms with van der Waals surface area (Å²) in [5.41, 5.74) is 1.49. The third kappa shape index (κ3) is 4.92. The minimum absolute atomic E-state index is 0.0829. The maximum absolute atomic E-state index is 12.5. The largest absolute Gasteiger partial charge is 0.299 e. The van der Waals surface area contributed by atoms with E-state index in [2.05, 4.69) is 9.71 Å². The molecule has 0 aromatic heterocycles. The molecule has 1 aliphatic rings. The van der Waals surface area contributed by atoms with Crippen molar-refractivity contribution in [3.63, 3.8) is 0 Å². The van der Waals surface area contributed by atoms with Crippen LogP contribution in [0.15, 0.2) is 58.4 Å². The molecule has 1 unspecified atom stereocenters. The molecule has 146 valence electrons. The molecule has 0 heterocycles. The second-order valence-electron chi connectivity index (χ2n) is 6.83. The first kappa shape index (κ1) is 19.9. The van der Waals surface area contributed by atoms with E-state index in [1.807, 2.05) is 0 Å². The van der Waals surface area contributed by atoms with E-state index in [1.54, 1.807) is 42.6 Å². The van der Waals surface area contributed by atoms with Crippen LogP contribution in [0.5, 0.6) is 0 Å². The first-order chi connectivity index (χ1) is 13.3. The summed E-state index contributed by atoms with van der Waals surface area (Å²) >= 11 is 0. The molecule has 0 bridgehead atoms.